The minimum atomic E-state index is -4.03. The first kappa shape index (κ1) is 14.9. The zero-order chi connectivity index (χ0) is 14.8. The third-order valence-corrected chi connectivity index (χ3v) is 4.64. The Labute approximate surface area is 118 Å². The molecule has 0 fully saturated rings. The Morgan fingerprint density at radius 2 is 2.15 bits per heavy atom. The Morgan fingerprint density at radius 3 is 2.70 bits per heavy atom. The van der Waals surface area contributed by atoms with E-state index in [0.29, 0.717) is 5.69 Å². The molecule has 6 nitrogen and oxygen atoms in total. The molecule has 0 bridgehead atoms. The molecule has 1 aromatic heterocycles. The van der Waals surface area contributed by atoms with Gasteiger partial charge in [0, 0.05) is 11.1 Å². The summed E-state index contributed by atoms with van der Waals surface area (Å²) in [4.78, 5) is 12.6. The molecule has 2 aromatic rings. The highest BCUT2D eigenvalue weighted by molar-refractivity contribution is 7.89. The Morgan fingerprint density at radius 1 is 1.40 bits per heavy atom. The van der Waals surface area contributed by atoms with Crippen molar-refractivity contribution in [2.24, 2.45) is 0 Å². The third kappa shape index (κ3) is 3.31. The standard InChI is InChI=1S/C11H11FN2O4S2/c12-9-3-7(5-15)1-2-10(9)20(17,18)13-4-8-6-19-11(16)14-8/h1-3,6,13,15H,4-5H2,(H,14,16). The highest BCUT2D eigenvalue weighted by Crippen LogP contribution is 2.16. The molecule has 0 aliphatic heterocycles. The smallest absolute Gasteiger partial charge is 0.304 e. The third-order valence-electron chi connectivity index (χ3n) is 2.49. The Balaban J connectivity index is 2.20. The van der Waals surface area contributed by atoms with Crippen LogP contribution in [0.15, 0.2) is 33.3 Å². The zero-order valence-electron chi connectivity index (χ0n) is 10.1. The number of thiazole rings is 1. The lowest BCUT2D eigenvalue weighted by molar-refractivity contribution is 0.281. The number of aromatic nitrogens is 1. The van der Waals surface area contributed by atoms with Crippen molar-refractivity contribution >= 4 is 21.4 Å². The Bertz CT molecular complexity index is 767. The van der Waals surface area contributed by atoms with Crippen molar-refractivity contribution in [3.05, 3.63) is 50.3 Å². The number of H-pyrrole nitrogens is 1. The average molecular weight is 318 g/mol. The fourth-order valence-corrected chi connectivity index (χ4v) is 3.16. The number of halogens is 1. The van der Waals surface area contributed by atoms with E-state index in [1.165, 1.54) is 11.4 Å². The zero-order valence-corrected chi connectivity index (χ0v) is 11.7. The van der Waals surface area contributed by atoms with E-state index in [0.717, 1.165) is 23.5 Å². The van der Waals surface area contributed by atoms with E-state index in [4.69, 9.17) is 5.11 Å². The molecule has 1 heterocycles. The molecule has 0 radical (unpaired) electrons. The molecule has 0 aliphatic carbocycles. The van der Waals surface area contributed by atoms with Gasteiger partial charge in [-0.1, -0.05) is 17.4 Å². The topological polar surface area (TPSA) is 99.3 Å². The van der Waals surface area contributed by atoms with Gasteiger partial charge in [0.1, 0.15) is 10.7 Å². The maximum absolute atomic E-state index is 13.7. The second kappa shape index (κ2) is 5.83. The molecule has 0 amide bonds. The van der Waals surface area contributed by atoms with Gasteiger partial charge in [-0.2, -0.15) is 0 Å². The van der Waals surface area contributed by atoms with Gasteiger partial charge in [0.05, 0.1) is 13.2 Å². The summed E-state index contributed by atoms with van der Waals surface area (Å²) in [6.45, 7) is -0.511. The van der Waals surface area contributed by atoms with Gasteiger partial charge in [0.25, 0.3) is 0 Å². The number of benzene rings is 1. The molecule has 0 saturated carbocycles. The number of sulfonamides is 1. The fraction of sp³-hybridized carbons (Fsp3) is 0.182. The van der Waals surface area contributed by atoms with Crippen molar-refractivity contribution in [2.75, 3.05) is 0 Å². The Kier molecular flexibility index (Phi) is 4.33. The van der Waals surface area contributed by atoms with Crippen LogP contribution in [0.25, 0.3) is 0 Å². The number of nitrogens with one attached hydrogen (secondary N) is 2. The van der Waals surface area contributed by atoms with E-state index < -0.39 is 20.7 Å². The van der Waals surface area contributed by atoms with E-state index in [2.05, 4.69) is 9.71 Å². The van der Waals surface area contributed by atoms with Crippen LogP contribution in [-0.2, 0) is 23.2 Å². The van der Waals surface area contributed by atoms with Gasteiger partial charge in [-0.3, -0.25) is 4.79 Å². The Hall–Kier alpha value is -1.55. The van der Waals surface area contributed by atoms with Gasteiger partial charge in [0.2, 0.25) is 10.0 Å². The molecule has 9 heteroatoms. The number of hydrogen-bond acceptors (Lipinski definition) is 5. The largest absolute Gasteiger partial charge is 0.392 e. The summed E-state index contributed by atoms with van der Waals surface area (Å²) >= 11 is 0.911. The van der Waals surface area contributed by atoms with Crippen molar-refractivity contribution in [3.63, 3.8) is 0 Å². The first-order valence-corrected chi connectivity index (χ1v) is 7.84. The first-order chi connectivity index (χ1) is 9.42. The second-order valence-electron chi connectivity index (χ2n) is 3.92. The molecule has 0 saturated heterocycles. The van der Waals surface area contributed by atoms with Crippen molar-refractivity contribution in [1.82, 2.24) is 9.71 Å². The summed E-state index contributed by atoms with van der Waals surface area (Å²) < 4.78 is 39.7. The van der Waals surface area contributed by atoms with Crippen LogP contribution in [0.3, 0.4) is 0 Å². The van der Waals surface area contributed by atoms with Gasteiger partial charge in [-0.15, -0.1) is 0 Å². The molecular weight excluding hydrogens is 307 g/mol. The van der Waals surface area contributed by atoms with E-state index >= 15 is 0 Å². The first-order valence-electron chi connectivity index (χ1n) is 5.48. The summed E-state index contributed by atoms with van der Waals surface area (Å²) in [6.07, 6.45) is 0. The molecule has 1 aromatic carbocycles. The predicted octanol–water partition coefficient (Wildman–Crippen LogP) is 0.546. The summed E-state index contributed by atoms with van der Waals surface area (Å²) in [5, 5.41) is 10.3. The van der Waals surface area contributed by atoms with Crippen LogP contribution in [0, 0.1) is 5.82 Å². The van der Waals surface area contributed by atoms with Crippen LogP contribution in [-0.4, -0.2) is 18.5 Å². The molecule has 108 valence electrons. The van der Waals surface area contributed by atoms with Gasteiger partial charge in [0.15, 0.2) is 0 Å². The SMILES string of the molecule is O=c1[nH]c(CNS(=O)(=O)c2ccc(CO)cc2F)cs1. The molecule has 0 unspecified atom stereocenters. The number of aliphatic hydroxyl groups is 1. The minimum absolute atomic E-state index is 0.137. The molecular formula is C11H11FN2O4S2. The highest BCUT2D eigenvalue weighted by Gasteiger charge is 2.19. The van der Waals surface area contributed by atoms with Crippen LogP contribution >= 0.6 is 11.3 Å². The van der Waals surface area contributed by atoms with Crippen molar-refractivity contribution < 1.29 is 17.9 Å². The average Bonchev–Trinajstić information content (AvgIpc) is 2.82. The fourth-order valence-electron chi connectivity index (χ4n) is 1.51. The van der Waals surface area contributed by atoms with Crippen LogP contribution in [0.4, 0.5) is 4.39 Å². The maximum atomic E-state index is 13.7. The van der Waals surface area contributed by atoms with Gasteiger partial charge in [-0.05, 0) is 17.7 Å². The molecule has 0 spiro atoms. The molecule has 20 heavy (non-hydrogen) atoms. The van der Waals surface area contributed by atoms with E-state index in [-0.39, 0.29) is 23.6 Å². The molecule has 3 N–H and O–H groups in total. The lowest BCUT2D eigenvalue weighted by Crippen LogP contribution is -2.24. The van der Waals surface area contributed by atoms with Crippen LogP contribution in [0.5, 0.6) is 0 Å². The minimum Gasteiger partial charge on any atom is -0.392 e. The lowest BCUT2D eigenvalue weighted by Gasteiger charge is -2.07. The molecule has 0 atom stereocenters. The number of hydrogen-bond donors (Lipinski definition) is 3. The van der Waals surface area contributed by atoms with Crippen LogP contribution in [0.1, 0.15) is 11.3 Å². The summed E-state index contributed by atoms with van der Waals surface area (Å²) in [7, 11) is -4.03. The van der Waals surface area contributed by atoms with Crippen LogP contribution < -0.4 is 9.60 Å². The van der Waals surface area contributed by atoms with Gasteiger partial charge >= 0.3 is 4.87 Å². The molecule has 2 rings (SSSR count). The monoisotopic (exact) mass is 318 g/mol. The maximum Gasteiger partial charge on any atom is 0.304 e. The summed E-state index contributed by atoms with van der Waals surface area (Å²) in [5.74, 6) is -0.942. The van der Waals surface area contributed by atoms with E-state index in [9.17, 15) is 17.6 Å². The van der Waals surface area contributed by atoms with Gasteiger partial charge < -0.3 is 10.1 Å². The summed E-state index contributed by atoms with van der Waals surface area (Å²) in [5.41, 5.74) is 0.680. The quantitative estimate of drug-likeness (QED) is 0.749. The normalized spacial score (nSPS) is 11.7. The van der Waals surface area contributed by atoms with Crippen LogP contribution in [0.2, 0.25) is 0 Å². The predicted molar refractivity (Wildman–Crippen MR) is 71.3 cm³/mol. The summed E-state index contributed by atoms with van der Waals surface area (Å²) in [6, 6.07) is 3.37. The number of rotatable bonds is 5. The van der Waals surface area contributed by atoms with Crippen molar-refractivity contribution in [2.45, 2.75) is 18.0 Å². The molecule has 0 aliphatic rings. The second-order valence-corrected chi connectivity index (χ2v) is 6.50. The van der Waals surface area contributed by atoms with E-state index in [1.807, 2.05) is 0 Å². The van der Waals surface area contributed by atoms with Gasteiger partial charge in [-0.25, -0.2) is 17.5 Å². The lowest BCUT2D eigenvalue weighted by atomic mass is 10.2. The van der Waals surface area contributed by atoms with E-state index in [1.54, 1.807) is 0 Å². The highest BCUT2D eigenvalue weighted by atomic mass is 32.2. The van der Waals surface area contributed by atoms with Crippen molar-refractivity contribution in [1.29, 1.82) is 0 Å². The van der Waals surface area contributed by atoms with Crippen molar-refractivity contribution in [3.8, 4) is 0 Å². The number of aromatic amines is 1. The number of aliphatic hydroxyl groups excluding tert-OH is 1.